The molecule has 1 heterocycles. The fourth-order valence-corrected chi connectivity index (χ4v) is 2.21. The number of hydrogen-bond acceptors (Lipinski definition) is 4. The first kappa shape index (κ1) is 18.4. The summed E-state index contributed by atoms with van der Waals surface area (Å²) in [6.45, 7) is 2.50. The summed E-state index contributed by atoms with van der Waals surface area (Å²) in [5.41, 5.74) is 1.20. The Morgan fingerprint density at radius 1 is 1.24 bits per heavy atom. The van der Waals surface area contributed by atoms with Gasteiger partial charge in [-0.3, -0.25) is 4.79 Å². The molecule has 1 aromatic carbocycles. The highest BCUT2D eigenvalue weighted by Gasteiger charge is 2.15. The molecule has 0 saturated heterocycles. The van der Waals surface area contributed by atoms with Gasteiger partial charge in [-0.05, 0) is 36.2 Å². The summed E-state index contributed by atoms with van der Waals surface area (Å²) in [6, 6.07) is 9.29. The molecule has 0 unspecified atom stereocenters. The third-order valence-electron chi connectivity index (χ3n) is 3.56. The van der Waals surface area contributed by atoms with Crippen molar-refractivity contribution in [1.29, 1.82) is 0 Å². The SMILES string of the molecule is CCCCOC(=O)C(=O)/C=C(\O)c1cccn1Cc1ccc(F)cc1. The molecule has 0 fully saturated rings. The Morgan fingerprint density at radius 3 is 2.64 bits per heavy atom. The third kappa shape index (κ3) is 5.31. The average molecular weight is 345 g/mol. The molecule has 0 atom stereocenters. The maximum atomic E-state index is 13.0. The Hall–Kier alpha value is -2.89. The van der Waals surface area contributed by atoms with Crippen LogP contribution in [0.5, 0.6) is 0 Å². The zero-order chi connectivity index (χ0) is 18.2. The minimum Gasteiger partial charge on any atom is -0.506 e. The fourth-order valence-electron chi connectivity index (χ4n) is 2.21. The Kier molecular flexibility index (Phi) is 6.51. The van der Waals surface area contributed by atoms with Crippen molar-refractivity contribution < 1.29 is 23.8 Å². The molecule has 132 valence electrons. The molecule has 6 heteroatoms. The number of aliphatic hydroxyl groups excluding tert-OH is 1. The number of ether oxygens (including phenoxy) is 1. The van der Waals surface area contributed by atoms with Gasteiger partial charge in [-0.1, -0.05) is 25.5 Å². The van der Waals surface area contributed by atoms with Crippen LogP contribution >= 0.6 is 0 Å². The van der Waals surface area contributed by atoms with Crippen LogP contribution in [0.15, 0.2) is 48.7 Å². The molecule has 0 bridgehead atoms. The number of aromatic nitrogens is 1. The molecule has 0 aliphatic rings. The Labute approximate surface area is 145 Å². The number of halogens is 1. The highest BCUT2D eigenvalue weighted by atomic mass is 19.1. The monoisotopic (exact) mass is 345 g/mol. The predicted octanol–water partition coefficient (Wildman–Crippen LogP) is 3.49. The number of esters is 1. The van der Waals surface area contributed by atoms with Gasteiger partial charge in [-0.25, -0.2) is 9.18 Å². The van der Waals surface area contributed by atoms with Crippen LogP contribution in [-0.4, -0.2) is 28.0 Å². The topological polar surface area (TPSA) is 68.5 Å². The fraction of sp³-hybridized carbons (Fsp3) is 0.263. The van der Waals surface area contributed by atoms with Gasteiger partial charge in [0.15, 0.2) is 0 Å². The van der Waals surface area contributed by atoms with Crippen LogP contribution in [0.2, 0.25) is 0 Å². The lowest BCUT2D eigenvalue weighted by Crippen LogP contribution is -2.16. The smallest absolute Gasteiger partial charge is 0.379 e. The maximum Gasteiger partial charge on any atom is 0.379 e. The van der Waals surface area contributed by atoms with Gasteiger partial charge in [0.2, 0.25) is 0 Å². The normalized spacial score (nSPS) is 11.4. The van der Waals surface area contributed by atoms with Crippen LogP contribution in [0.4, 0.5) is 4.39 Å². The number of unbranched alkanes of at least 4 members (excludes halogenated alkanes) is 1. The van der Waals surface area contributed by atoms with E-state index in [-0.39, 0.29) is 18.2 Å². The van der Waals surface area contributed by atoms with Gasteiger partial charge >= 0.3 is 5.97 Å². The van der Waals surface area contributed by atoms with Crippen LogP contribution in [0.1, 0.15) is 31.0 Å². The molecule has 2 rings (SSSR count). The molecule has 0 amide bonds. The zero-order valence-corrected chi connectivity index (χ0v) is 13.9. The lowest BCUT2D eigenvalue weighted by atomic mass is 10.2. The van der Waals surface area contributed by atoms with E-state index in [1.54, 1.807) is 35.0 Å². The molecular weight excluding hydrogens is 325 g/mol. The molecule has 0 saturated carbocycles. The summed E-state index contributed by atoms with van der Waals surface area (Å²) in [6.07, 6.45) is 4.09. The van der Waals surface area contributed by atoms with Crippen molar-refractivity contribution >= 4 is 17.5 Å². The lowest BCUT2D eigenvalue weighted by Gasteiger charge is -2.09. The quantitative estimate of drug-likeness (QED) is 0.261. The van der Waals surface area contributed by atoms with Crippen LogP contribution in [0.25, 0.3) is 5.76 Å². The van der Waals surface area contributed by atoms with Gasteiger partial charge in [0.1, 0.15) is 11.6 Å². The highest BCUT2D eigenvalue weighted by molar-refractivity contribution is 6.39. The first-order chi connectivity index (χ1) is 12.0. The minimum absolute atomic E-state index is 0.177. The number of hydrogen-bond donors (Lipinski definition) is 1. The van der Waals surface area contributed by atoms with E-state index in [1.807, 2.05) is 6.92 Å². The Bertz CT molecular complexity index is 762. The lowest BCUT2D eigenvalue weighted by molar-refractivity contribution is -0.151. The van der Waals surface area contributed by atoms with Crippen LogP contribution < -0.4 is 0 Å². The van der Waals surface area contributed by atoms with Crippen LogP contribution in [-0.2, 0) is 20.9 Å². The van der Waals surface area contributed by atoms with E-state index in [0.29, 0.717) is 18.7 Å². The second kappa shape index (κ2) is 8.82. The minimum atomic E-state index is -0.989. The standard InChI is InChI=1S/C19H20FNO4/c1-2-3-11-25-19(24)18(23)12-17(22)16-5-4-10-21(16)13-14-6-8-15(20)9-7-14/h4-10,12,22H,2-3,11,13H2,1H3/b17-12-. The highest BCUT2D eigenvalue weighted by Crippen LogP contribution is 2.15. The molecule has 0 aliphatic carbocycles. The van der Waals surface area contributed by atoms with Crippen molar-refractivity contribution in [2.75, 3.05) is 6.61 Å². The van der Waals surface area contributed by atoms with E-state index in [0.717, 1.165) is 18.1 Å². The summed E-state index contributed by atoms with van der Waals surface area (Å²) in [4.78, 5) is 23.3. The average Bonchev–Trinajstić information content (AvgIpc) is 3.05. The molecule has 5 nitrogen and oxygen atoms in total. The van der Waals surface area contributed by atoms with Crippen LogP contribution in [0.3, 0.4) is 0 Å². The Morgan fingerprint density at radius 2 is 1.96 bits per heavy atom. The molecule has 2 aromatic rings. The number of ketones is 1. The van der Waals surface area contributed by atoms with E-state index in [9.17, 15) is 19.1 Å². The van der Waals surface area contributed by atoms with E-state index in [2.05, 4.69) is 0 Å². The number of nitrogens with zero attached hydrogens (tertiary/aromatic N) is 1. The second-order valence-corrected chi connectivity index (χ2v) is 5.53. The van der Waals surface area contributed by atoms with Crippen molar-refractivity contribution in [3.05, 3.63) is 65.7 Å². The summed E-state index contributed by atoms with van der Waals surface area (Å²) < 4.78 is 19.5. The number of carbonyl (C=O) groups excluding carboxylic acids is 2. The van der Waals surface area contributed by atoms with Crippen molar-refractivity contribution in [3.63, 3.8) is 0 Å². The molecule has 0 aliphatic heterocycles. The second-order valence-electron chi connectivity index (χ2n) is 5.53. The Balaban J connectivity index is 2.08. The van der Waals surface area contributed by atoms with Gasteiger partial charge in [-0.15, -0.1) is 0 Å². The largest absolute Gasteiger partial charge is 0.506 e. The third-order valence-corrected chi connectivity index (χ3v) is 3.56. The van der Waals surface area contributed by atoms with E-state index < -0.39 is 11.8 Å². The van der Waals surface area contributed by atoms with Gasteiger partial charge < -0.3 is 14.4 Å². The number of aliphatic hydroxyl groups is 1. The first-order valence-electron chi connectivity index (χ1n) is 8.03. The molecule has 0 spiro atoms. The van der Waals surface area contributed by atoms with Gasteiger partial charge in [-0.2, -0.15) is 0 Å². The predicted molar refractivity (Wildman–Crippen MR) is 91.4 cm³/mol. The summed E-state index contributed by atoms with van der Waals surface area (Å²) in [5, 5.41) is 10.2. The summed E-state index contributed by atoms with van der Waals surface area (Å²) in [7, 11) is 0. The maximum absolute atomic E-state index is 13.0. The van der Waals surface area contributed by atoms with Gasteiger partial charge in [0, 0.05) is 18.8 Å². The van der Waals surface area contributed by atoms with Crippen LogP contribution in [0, 0.1) is 5.82 Å². The molecule has 25 heavy (non-hydrogen) atoms. The molecule has 1 N–H and O–H groups in total. The number of rotatable bonds is 8. The van der Waals surface area contributed by atoms with E-state index in [1.165, 1.54) is 12.1 Å². The zero-order valence-electron chi connectivity index (χ0n) is 13.9. The van der Waals surface area contributed by atoms with E-state index >= 15 is 0 Å². The summed E-state index contributed by atoms with van der Waals surface area (Å²) >= 11 is 0. The number of benzene rings is 1. The van der Waals surface area contributed by atoms with Crippen molar-refractivity contribution in [1.82, 2.24) is 4.57 Å². The van der Waals surface area contributed by atoms with Crippen molar-refractivity contribution in [2.24, 2.45) is 0 Å². The molecule has 0 radical (unpaired) electrons. The van der Waals surface area contributed by atoms with Gasteiger partial charge in [0.05, 0.1) is 12.3 Å². The van der Waals surface area contributed by atoms with Crippen molar-refractivity contribution in [2.45, 2.75) is 26.3 Å². The van der Waals surface area contributed by atoms with Crippen molar-refractivity contribution in [3.8, 4) is 0 Å². The molecule has 1 aromatic heterocycles. The van der Waals surface area contributed by atoms with E-state index in [4.69, 9.17) is 4.74 Å². The first-order valence-corrected chi connectivity index (χ1v) is 8.03. The molecular formula is C19H20FNO4. The number of carbonyl (C=O) groups is 2. The van der Waals surface area contributed by atoms with Gasteiger partial charge in [0.25, 0.3) is 5.78 Å². The summed E-state index contributed by atoms with van der Waals surface area (Å²) in [5.74, 6) is -2.56.